The SMILES string of the molecule is Cc1ccncc1-c1ccc2cc(NC(=O)[C@@H]3CCO3)ncc2c1.Cc1ccncc1-c1ccc2cc(NC(=O)[C@H]3CCO3)ncc2c1. The quantitative estimate of drug-likeness (QED) is 0.207. The van der Waals surface area contributed by atoms with Crippen LogP contribution in [0.2, 0.25) is 0 Å². The molecule has 8 rings (SSSR count). The van der Waals surface area contributed by atoms with Crippen molar-refractivity contribution in [1.82, 2.24) is 19.9 Å². The van der Waals surface area contributed by atoms with Gasteiger partial charge in [0.25, 0.3) is 11.8 Å². The predicted molar refractivity (Wildman–Crippen MR) is 185 cm³/mol. The Hall–Kier alpha value is -5.58. The molecule has 0 saturated carbocycles. The van der Waals surface area contributed by atoms with Crippen LogP contribution in [0, 0.1) is 13.8 Å². The molecule has 0 unspecified atom stereocenters. The van der Waals surface area contributed by atoms with Gasteiger partial charge in [-0.25, -0.2) is 9.97 Å². The second kappa shape index (κ2) is 13.6. The molecule has 10 heteroatoms. The Balaban J connectivity index is 0.000000152. The van der Waals surface area contributed by atoms with Crippen LogP contribution in [0.1, 0.15) is 24.0 Å². The average molecular weight is 639 g/mol. The maximum absolute atomic E-state index is 11.9. The van der Waals surface area contributed by atoms with Crippen molar-refractivity contribution in [3.63, 3.8) is 0 Å². The van der Waals surface area contributed by atoms with E-state index in [1.165, 1.54) is 11.1 Å². The van der Waals surface area contributed by atoms with Crippen LogP contribution < -0.4 is 10.6 Å². The zero-order valence-electron chi connectivity index (χ0n) is 26.6. The van der Waals surface area contributed by atoms with E-state index >= 15 is 0 Å². The molecule has 2 N–H and O–H groups in total. The molecule has 0 radical (unpaired) electrons. The van der Waals surface area contributed by atoms with Crippen molar-refractivity contribution in [1.29, 1.82) is 0 Å². The van der Waals surface area contributed by atoms with Crippen LogP contribution in [-0.2, 0) is 19.1 Å². The molecule has 2 aromatic carbocycles. The van der Waals surface area contributed by atoms with Crippen LogP contribution >= 0.6 is 0 Å². The van der Waals surface area contributed by atoms with Crippen molar-refractivity contribution in [3.05, 3.63) is 109 Å². The molecule has 2 amide bonds. The third kappa shape index (κ3) is 6.76. The zero-order valence-corrected chi connectivity index (χ0v) is 26.6. The first kappa shape index (κ1) is 31.0. The summed E-state index contributed by atoms with van der Waals surface area (Å²) in [6, 6.07) is 20.1. The highest BCUT2D eigenvalue weighted by molar-refractivity contribution is 5.97. The van der Waals surface area contributed by atoms with E-state index in [1.54, 1.807) is 24.8 Å². The summed E-state index contributed by atoms with van der Waals surface area (Å²) < 4.78 is 10.4. The molecule has 2 fully saturated rings. The molecular weight excluding hydrogens is 604 g/mol. The first-order chi connectivity index (χ1) is 23.4. The zero-order chi connectivity index (χ0) is 33.0. The van der Waals surface area contributed by atoms with Gasteiger partial charge in [-0.1, -0.05) is 24.3 Å². The highest BCUT2D eigenvalue weighted by Crippen LogP contribution is 2.29. The Morgan fingerprint density at radius 1 is 0.604 bits per heavy atom. The Kier molecular flexibility index (Phi) is 8.82. The van der Waals surface area contributed by atoms with Crippen LogP contribution in [0.5, 0.6) is 0 Å². The molecule has 2 saturated heterocycles. The molecule has 4 aromatic heterocycles. The first-order valence-electron chi connectivity index (χ1n) is 15.9. The van der Waals surface area contributed by atoms with Gasteiger partial charge in [-0.05, 0) is 83.3 Å². The smallest absolute Gasteiger partial charge is 0.254 e. The maximum atomic E-state index is 11.9. The monoisotopic (exact) mass is 638 g/mol. The Bertz CT molecular complexity index is 1990. The van der Waals surface area contributed by atoms with Gasteiger partial charge in [0.15, 0.2) is 0 Å². The van der Waals surface area contributed by atoms with Crippen molar-refractivity contribution in [2.75, 3.05) is 23.8 Å². The first-order valence-corrected chi connectivity index (χ1v) is 15.9. The number of anilines is 2. The fourth-order valence-corrected chi connectivity index (χ4v) is 5.59. The molecular formula is C38H34N6O4. The van der Waals surface area contributed by atoms with Gasteiger partial charge in [-0.2, -0.15) is 0 Å². The Morgan fingerprint density at radius 3 is 1.42 bits per heavy atom. The van der Waals surface area contributed by atoms with Crippen LogP contribution in [0.25, 0.3) is 43.8 Å². The van der Waals surface area contributed by atoms with Gasteiger partial charge in [0.1, 0.15) is 23.8 Å². The van der Waals surface area contributed by atoms with Crippen LogP contribution in [0.4, 0.5) is 11.6 Å². The topological polar surface area (TPSA) is 128 Å². The number of hydrogen-bond acceptors (Lipinski definition) is 8. The number of pyridine rings is 4. The van der Waals surface area contributed by atoms with E-state index in [0.717, 1.165) is 56.6 Å². The molecule has 240 valence electrons. The van der Waals surface area contributed by atoms with Gasteiger partial charge in [0.05, 0.1) is 13.2 Å². The standard InChI is InChI=1S/2C19H17N3O2/c2*1-12-4-6-20-11-16(12)14-3-2-13-9-18(21-10-15(13)8-14)22-19(23)17-5-7-24-17/h2*2-4,6,8-11,17H,5,7H2,1H3,(H,21,22,23)/t2*17-/m10/s1. The fourth-order valence-electron chi connectivity index (χ4n) is 5.59. The van der Waals surface area contributed by atoms with Gasteiger partial charge >= 0.3 is 0 Å². The summed E-state index contributed by atoms with van der Waals surface area (Å²) >= 11 is 0. The van der Waals surface area contributed by atoms with E-state index in [-0.39, 0.29) is 24.0 Å². The van der Waals surface area contributed by atoms with E-state index in [2.05, 4.69) is 68.7 Å². The second-order valence-electron chi connectivity index (χ2n) is 11.9. The predicted octanol–water partition coefficient (Wildman–Crippen LogP) is 6.67. The highest BCUT2D eigenvalue weighted by atomic mass is 16.5. The van der Waals surface area contributed by atoms with Gasteiger partial charge in [0.2, 0.25) is 0 Å². The number of benzene rings is 2. The maximum Gasteiger partial charge on any atom is 0.254 e. The number of nitrogens with zero attached hydrogens (tertiary/aromatic N) is 4. The summed E-state index contributed by atoms with van der Waals surface area (Å²) in [7, 11) is 0. The third-order valence-electron chi connectivity index (χ3n) is 8.63. The number of carbonyl (C=O) groups excluding carboxylic acids is 2. The van der Waals surface area contributed by atoms with Crippen LogP contribution in [-0.4, -0.2) is 57.2 Å². The molecule has 6 heterocycles. The van der Waals surface area contributed by atoms with E-state index in [1.807, 2.05) is 48.8 Å². The van der Waals surface area contributed by atoms with Gasteiger partial charge < -0.3 is 20.1 Å². The molecule has 2 aliphatic heterocycles. The fraction of sp³-hybridized carbons (Fsp3) is 0.211. The van der Waals surface area contributed by atoms with Crippen molar-refractivity contribution in [2.24, 2.45) is 0 Å². The molecule has 0 spiro atoms. The summed E-state index contributed by atoms with van der Waals surface area (Å²) in [5.41, 5.74) is 6.80. The lowest BCUT2D eigenvalue weighted by Gasteiger charge is -2.24. The Labute approximate surface area is 277 Å². The third-order valence-corrected chi connectivity index (χ3v) is 8.63. The highest BCUT2D eigenvalue weighted by Gasteiger charge is 2.27. The number of carbonyl (C=O) groups is 2. The van der Waals surface area contributed by atoms with Gasteiger partial charge in [-0.3, -0.25) is 19.6 Å². The normalized spacial score (nSPS) is 16.6. The van der Waals surface area contributed by atoms with Crippen molar-refractivity contribution >= 4 is 45.0 Å². The second-order valence-corrected chi connectivity index (χ2v) is 11.9. The van der Waals surface area contributed by atoms with Gasteiger partial charge in [0, 0.05) is 71.9 Å². The molecule has 0 bridgehead atoms. The molecule has 2 atom stereocenters. The summed E-state index contributed by atoms with van der Waals surface area (Å²) in [6.45, 7) is 5.45. The number of nitrogens with one attached hydrogen (secondary N) is 2. The molecule has 2 aliphatic rings. The minimum atomic E-state index is -0.335. The number of hydrogen-bond donors (Lipinski definition) is 2. The lowest BCUT2D eigenvalue weighted by atomic mass is 10.0. The number of aromatic nitrogens is 4. The van der Waals surface area contributed by atoms with Gasteiger partial charge in [-0.15, -0.1) is 0 Å². The number of fused-ring (bicyclic) bond motifs is 2. The van der Waals surface area contributed by atoms with Crippen molar-refractivity contribution in [2.45, 2.75) is 38.9 Å². The number of aryl methyl sites for hydroxylation is 2. The average Bonchev–Trinajstić information content (AvgIpc) is 3.03. The molecule has 10 nitrogen and oxygen atoms in total. The van der Waals surface area contributed by atoms with Crippen LogP contribution in [0.3, 0.4) is 0 Å². The lowest BCUT2D eigenvalue weighted by Crippen LogP contribution is -2.39. The minimum Gasteiger partial charge on any atom is -0.368 e. The van der Waals surface area contributed by atoms with E-state index in [0.29, 0.717) is 24.8 Å². The molecule has 48 heavy (non-hydrogen) atoms. The van der Waals surface area contributed by atoms with E-state index in [9.17, 15) is 9.59 Å². The van der Waals surface area contributed by atoms with E-state index in [4.69, 9.17) is 9.47 Å². The molecule has 6 aromatic rings. The number of rotatable bonds is 6. The molecule has 0 aliphatic carbocycles. The summed E-state index contributed by atoms with van der Waals surface area (Å²) in [5.74, 6) is 0.841. The van der Waals surface area contributed by atoms with Crippen LogP contribution in [0.15, 0.2) is 97.8 Å². The number of amides is 2. The largest absolute Gasteiger partial charge is 0.368 e. The summed E-state index contributed by atoms with van der Waals surface area (Å²) in [6.07, 6.45) is 11.8. The Morgan fingerprint density at radius 2 is 1.04 bits per heavy atom. The minimum absolute atomic E-state index is 0.129. The summed E-state index contributed by atoms with van der Waals surface area (Å²) in [4.78, 5) is 40.9. The lowest BCUT2D eigenvalue weighted by molar-refractivity contribution is -0.139. The van der Waals surface area contributed by atoms with Crippen molar-refractivity contribution < 1.29 is 19.1 Å². The van der Waals surface area contributed by atoms with E-state index < -0.39 is 0 Å². The number of ether oxygens (including phenoxy) is 2. The summed E-state index contributed by atoms with van der Waals surface area (Å²) in [5, 5.41) is 9.71. The van der Waals surface area contributed by atoms with Crippen molar-refractivity contribution in [3.8, 4) is 22.3 Å².